The number of hydrogen-bond donors (Lipinski definition) is 0. The van der Waals surface area contributed by atoms with Gasteiger partial charge < -0.3 is 9.47 Å². The predicted molar refractivity (Wildman–Crippen MR) is 89.4 cm³/mol. The molecule has 2 aromatic carbocycles. The lowest BCUT2D eigenvalue weighted by Crippen LogP contribution is -1.97. The first-order valence-corrected chi connectivity index (χ1v) is 7.21. The third-order valence-corrected chi connectivity index (χ3v) is 3.71. The molecule has 0 aromatic heterocycles. The SMILES string of the molecule is COc1cccc(OC)c1/C=C/C(=O)c1c(Cl)cccc1Cl. The Morgan fingerprint density at radius 3 is 1.95 bits per heavy atom. The number of hydrogen-bond acceptors (Lipinski definition) is 3. The molecule has 0 amide bonds. The molecule has 3 nitrogen and oxygen atoms in total. The molecular weight excluding hydrogens is 323 g/mol. The van der Waals surface area contributed by atoms with Crippen molar-refractivity contribution in [1.82, 2.24) is 0 Å². The molecular formula is C17H14Cl2O3. The maximum Gasteiger partial charge on any atom is 0.188 e. The van der Waals surface area contributed by atoms with Gasteiger partial charge in [-0.3, -0.25) is 4.79 Å². The molecule has 0 spiro atoms. The zero-order chi connectivity index (χ0) is 16.1. The van der Waals surface area contributed by atoms with Gasteiger partial charge in [-0.05, 0) is 36.4 Å². The van der Waals surface area contributed by atoms with Gasteiger partial charge in [-0.15, -0.1) is 0 Å². The number of carbonyl (C=O) groups is 1. The van der Waals surface area contributed by atoms with Crippen molar-refractivity contribution in [2.75, 3.05) is 14.2 Å². The molecule has 0 heterocycles. The molecule has 2 aromatic rings. The molecule has 0 radical (unpaired) electrons. The molecule has 22 heavy (non-hydrogen) atoms. The van der Waals surface area contributed by atoms with Gasteiger partial charge in [0.25, 0.3) is 0 Å². The largest absolute Gasteiger partial charge is 0.496 e. The van der Waals surface area contributed by atoms with Crippen molar-refractivity contribution in [2.45, 2.75) is 0 Å². The average Bonchev–Trinajstić information content (AvgIpc) is 2.52. The highest BCUT2D eigenvalue weighted by molar-refractivity contribution is 6.40. The molecule has 0 atom stereocenters. The van der Waals surface area contributed by atoms with E-state index in [2.05, 4.69) is 0 Å². The number of carbonyl (C=O) groups excluding carboxylic acids is 1. The van der Waals surface area contributed by atoms with E-state index in [4.69, 9.17) is 32.7 Å². The summed E-state index contributed by atoms with van der Waals surface area (Å²) in [6.45, 7) is 0. The van der Waals surface area contributed by atoms with Crippen molar-refractivity contribution in [3.63, 3.8) is 0 Å². The van der Waals surface area contributed by atoms with Gasteiger partial charge in [-0.1, -0.05) is 35.3 Å². The quantitative estimate of drug-likeness (QED) is 0.575. The van der Waals surface area contributed by atoms with Gasteiger partial charge in [0.2, 0.25) is 0 Å². The van der Waals surface area contributed by atoms with E-state index in [1.807, 2.05) is 6.07 Å². The van der Waals surface area contributed by atoms with E-state index in [0.29, 0.717) is 27.1 Å². The second kappa shape index (κ2) is 7.34. The molecule has 0 bridgehead atoms. The second-order valence-corrected chi connectivity index (χ2v) is 5.18. The first kappa shape index (κ1) is 16.4. The summed E-state index contributed by atoms with van der Waals surface area (Å²) in [6.07, 6.45) is 3.02. The normalized spacial score (nSPS) is 10.7. The fourth-order valence-corrected chi connectivity index (χ4v) is 2.60. The maximum absolute atomic E-state index is 12.3. The fraction of sp³-hybridized carbons (Fsp3) is 0.118. The van der Waals surface area contributed by atoms with E-state index >= 15 is 0 Å². The highest BCUT2D eigenvalue weighted by atomic mass is 35.5. The van der Waals surface area contributed by atoms with Gasteiger partial charge >= 0.3 is 0 Å². The number of halogens is 2. The Hall–Kier alpha value is -1.97. The van der Waals surface area contributed by atoms with Gasteiger partial charge in [0.15, 0.2) is 5.78 Å². The monoisotopic (exact) mass is 336 g/mol. The lowest BCUT2D eigenvalue weighted by molar-refractivity contribution is 0.104. The maximum atomic E-state index is 12.3. The molecule has 114 valence electrons. The van der Waals surface area contributed by atoms with Crippen LogP contribution in [-0.4, -0.2) is 20.0 Å². The lowest BCUT2D eigenvalue weighted by Gasteiger charge is -2.09. The number of benzene rings is 2. The van der Waals surface area contributed by atoms with Gasteiger partial charge in [0.1, 0.15) is 11.5 Å². The van der Waals surface area contributed by atoms with Crippen LogP contribution in [0.3, 0.4) is 0 Å². The van der Waals surface area contributed by atoms with E-state index in [-0.39, 0.29) is 11.3 Å². The smallest absolute Gasteiger partial charge is 0.188 e. The van der Waals surface area contributed by atoms with E-state index in [1.165, 1.54) is 6.08 Å². The van der Waals surface area contributed by atoms with Crippen LogP contribution in [0.4, 0.5) is 0 Å². The number of methoxy groups -OCH3 is 2. The van der Waals surface area contributed by atoms with Crippen molar-refractivity contribution in [1.29, 1.82) is 0 Å². The number of ketones is 1. The zero-order valence-electron chi connectivity index (χ0n) is 12.1. The van der Waals surface area contributed by atoms with Crippen LogP contribution in [0.25, 0.3) is 6.08 Å². The summed E-state index contributed by atoms with van der Waals surface area (Å²) < 4.78 is 10.6. The van der Waals surface area contributed by atoms with Crippen LogP contribution < -0.4 is 9.47 Å². The predicted octanol–water partition coefficient (Wildman–Crippen LogP) is 4.91. The van der Waals surface area contributed by atoms with Crippen molar-refractivity contribution in [3.05, 3.63) is 63.6 Å². The van der Waals surface area contributed by atoms with E-state index in [0.717, 1.165) is 0 Å². The van der Waals surface area contributed by atoms with Crippen molar-refractivity contribution < 1.29 is 14.3 Å². The van der Waals surface area contributed by atoms with Crippen LogP contribution >= 0.6 is 23.2 Å². The minimum Gasteiger partial charge on any atom is -0.496 e. The molecule has 0 saturated heterocycles. The van der Waals surface area contributed by atoms with Crippen LogP contribution in [0, 0.1) is 0 Å². The minimum absolute atomic E-state index is 0.274. The molecule has 0 aliphatic rings. The van der Waals surface area contributed by atoms with Crippen LogP contribution in [0.15, 0.2) is 42.5 Å². The van der Waals surface area contributed by atoms with Crippen molar-refractivity contribution >= 4 is 35.1 Å². The molecule has 0 aliphatic carbocycles. The Labute approximate surface area is 139 Å². The van der Waals surface area contributed by atoms with E-state index in [9.17, 15) is 4.79 Å². The summed E-state index contributed by atoms with van der Waals surface area (Å²) >= 11 is 12.1. The molecule has 0 saturated carbocycles. The topological polar surface area (TPSA) is 35.5 Å². The van der Waals surface area contributed by atoms with Crippen LogP contribution in [0.1, 0.15) is 15.9 Å². The zero-order valence-corrected chi connectivity index (χ0v) is 13.6. The Bertz CT molecular complexity index is 681. The summed E-state index contributed by atoms with van der Waals surface area (Å²) in [5.41, 5.74) is 0.944. The van der Waals surface area contributed by atoms with Crippen LogP contribution in [0.2, 0.25) is 10.0 Å². The summed E-state index contributed by atoms with van der Waals surface area (Å²) in [4.78, 5) is 12.3. The van der Waals surface area contributed by atoms with E-state index < -0.39 is 0 Å². The molecule has 0 aliphatic heterocycles. The highest BCUT2D eigenvalue weighted by Gasteiger charge is 2.13. The Morgan fingerprint density at radius 1 is 0.955 bits per heavy atom. The standard InChI is InChI=1S/C17H14Cl2O3/c1-21-15-7-4-8-16(22-2)11(15)9-10-14(20)17-12(18)5-3-6-13(17)19/h3-10H,1-2H3/b10-9+. The first-order valence-electron chi connectivity index (χ1n) is 6.46. The van der Waals surface area contributed by atoms with Crippen molar-refractivity contribution in [2.24, 2.45) is 0 Å². The second-order valence-electron chi connectivity index (χ2n) is 4.37. The summed E-state index contributed by atoms with van der Waals surface area (Å²) in [7, 11) is 3.11. The van der Waals surface area contributed by atoms with Gasteiger partial charge in [-0.25, -0.2) is 0 Å². The first-order chi connectivity index (χ1) is 10.6. The molecule has 5 heteroatoms. The summed E-state index contributed by atoms with van der Waals surface area (Å²) in [6, 6.07) is 10.3. The van der Waals surface area contributed by atoms with Crippen LogP contribution in [-0.2, 0) is 0 Å². The minimum atomic E-state index is -0.288. The summed E-state index contributed by atoms with van der Waals surface area (Å²) in [5.74, 6) is 0.922. The highest BCUT2D eigenvalue weighted by Crippen LogP contribution is 2.30. The average molecular weight is 337 g/mol. The molecule has 0 N–H and O–H groups in total. The fourth-order valence-electron chi connectivity index (χ4n) is 2.02. The lowest BCUT2D eigenvalue weighted by atomic mass is 10.1. The molecule has 0 fully saturated rings. The van der Waals surface area contributed by atoms with Gasteiger partial charge in [-0.2, -0.15) is 0 Å². The van der Waals surface area contributed by atoms with Gasteiger partial charge in [0, 0.05) is 0 Å². The van der Waals surface area contributed by atoms with E-state index in [1.54, 1.807) is 50.6 Å². The number of allylic oxidation sites excluding steroid dienone is 1. The van der Waals surface area contributed by atoms with Crippen LogP contribution in [0.5, 0.6) is 11.5 Å². The Morgan fingerprint density at radius 2 is 1.45 bits per heavy atom. The third kappa shape index (κ3) is 3.43. The molecule has 2 rings (SSSR count). The summed E-state index contributed by atoms with van der Waals surface area (Å²) in [5, 5.41) is 0.628. The Kier molecular flexibility index (Phi) is 5.47. The number of ether oxygens (including phenoxy) is 2. The third-order valence-electron chi connectivity index (χ3n) is 3.08. The van der Waals surface area contributed by atoms with Gasteiger partial charge in [0.05, 0.1) is 35.4 Å². The molecule has 0 unspecified atom stereocenters. The number of rotatable bonds is 5. The van der Waals surface area contributed by atoms with Crippen molar-refractivity contribution in [3.8, 4) is 11.5 Å². The Balaban J connectivity index is 2.39.